The van der Waals surface area contributed by atoms with Gasteiger partial charge in [-0.3, -0.25) is 0 Å². The van der Waals surface area contributed by atoms with Crippen LogP contribution < -0.4 is 5.32 Å². The molecule has 0 saturated carbocycles. The summed E-state index contributed by atoms with van der Waals surface area (Å²) in [5, 5.41) is 22.4. The number of anilines is 1. The van der Waals surface area contributed by atoms with E-state index in [1.807, 2.05) is 5.38 Å². The number of hydrogen-bond donors (Lipinski definition) is 2. The average molecular weight is 291 g/mol. The van der Waals surface area contributed by atoms with E-state index < -0.39 is 5.97 Å². The molecule has 2 aromatic heterocycles. The lowest BCUT2D eigenvalue weighted by atomic mass is 10.1. The van der Waals surface area contributed by atoms with Gasteiger partial charge in [0.1, 0.15) is 5.56 Å². The summed E-state index contributed by atoms with van der Waals surface area (Å²) in [5.41, 5.74) is 2.76. The highest BCUT2D eigenvalue weighted by atomic mass is 32.1. The minimum absolute atomic E-state index is 0.201. The first-order valence-electron chi connectivity index (χ1n) is 6.40. The van der Waals surface area contributed by atoms with Crippen molar-refractivity contribution in [2.75, 3.05) is 5.32 Å². The van der Waals surface area contributed by atoms with Crippen molar-refractivity contribution in [1.29, 1.82) is 0 Å². The molecular weight excluding hydrogens is 274 g/mol. The van der Waals surface area contributed by atoms with E-state index in [2.05, 4.69) is 28.5 Å². The fraction of sp³-hybridized carbons (Fsp3) is 0.357. The Kier molecular flexibility index (Phi) is 4.34. The second-order valence-electron chi connectivity index (χ2n) is 4.52. The van der Waals surface area contributed by atoms with Gasteiger partial charge in [0.2, 0.25) is 0 Å². The molecule has 0 aliphatic heterocycles. The van der Waals surface area contributed by atoms with E-state index in [1.54, 1.807) is 25.2 Å². The SMILES string of the molecule is CCc1ccsc1CNc1nnc(C)c(C)c1C(=O)O. The molecule has 0 saturated heterocycles. The van der Waals surface area contributed by atoms with Crippen LogP contribution in [-0.4, -0.2) is 21.3 Å². The van der Waals surface area contributed by atoms with E-state index in [0.29, 0.717) is 23.6 Å². The highest BCUT2D eigenvalue weighted by Crippen LogP contribution is 2.22. The number of aryl methyl sites for hydroxylation is 2. The maximum Gasteiger partial charge on any atom is 0.339 e. The van der Waals surface area contributed by atoms with Crippen molar-refractivity contribution >= 4 is 23.1 Å². The van der Waals surface area contributed by atoms with Crippen molar-refractivity contribution in [3.63, 3.8) is 0 Å². The van der Waals surface area contributed by atoms with Gasteiger partial charge in [0.25, 0.3) is 0 Å². The van der Waals surface area contributed by atoms with Crippen LogP contribution in [0.3, 0.4) is 0 Å². The molecule has 0 aliphatic rings. The van der Waals surface area contributed by atoms with Crippen molar-refractivity contribution in [3.05, 3.63) is 38.7 Å². The molecule has 0 radical (unpaired) electrons. The molecule has 5 nitrogen and oxygen atoms in total. The summed E-state index contributed by atoms with van der Waals surface area (Å²) in [6.07, 6.45) is 0.963. The Morgan fingerprint density at radius 1 is 1.40 bits per heavy atom. The summed E-state index contributed by atoms with van der Waals surface area (Å²) < 4.78 is 0. The van der Waals surface area contributed by atoms with Gasteiger partial charge in [0, 0.05) is 4.88 Å². The second kappa shape index (κ2) is 6.00. The van der Waals surface area contributed by atoms with Crippen LogP contribution in [0.2, 0.25) is 0 Å². The number of aromatic carboxylic acids is 1. The van der Waals surface area contributed by atoms with Crippen LogP contribution in [0.5, 0.6) is 0 Å². The summed E-state index contributed by atoms with van der Waals surface area (Å²) in [4.78, 5) is 12.6. The molecule has 0 unspecified atom stereocenters. The number of carbonyl (C=O) groups is 1. The molecule has 2 rings (SSSR count). The summed E-state index contributed by atoms with van der Waals surface area (Å²) in [7, 11) is 0. The largest absolute Gasteiger partial charge is 0.478 e. The number of aromatic nitrogens is 2. The van der Waals surface area contributed by atoms with Gasteiger partial charge in [0.15, 0.2) is 5.82 Å². The molecule has 106 valence electrons. The summed E-state index contributed by atoms with van der Waals surface area (Å²) in [5.74, 6) is -0.652. The Morgan fingerprint density at radius 2 is 2.15 bits per heavy atom. The normalized spacial score (nSPS) is 10.6. The van der Waals surface area contributed by atoms with Gasteiger partial charge in [-0.05, 0) is 42.8 Å². The van der Waals surface area contributed by atoms with Crippen molar-refractivity contribution in [1.82, 2.24) is 10.2 Å². The van der Waals surface area contributed by atoms with Crippen LogP contribution in [0.4, 0.5) is 5.82 Å². The quantitative estimate of drug-likeness (QED) is 0.885. The van der Waals surface area contributed by atoms with Crippen LogP contribution in [0.1, 0.15) is 39.0 Å². The molecule has 6 heteroatoms. The van der Waals surface area contributed by atoms with E-state index in [4.69, 9.17) is 0 Å². The van der Waals surface area contributed by atoms with E-state index in [1.165, 1.54) is 10.4 Å². The average Bonchev–Trinajstić information content (AvgIpc) is 2.87. The van der Waals surface area contributed by atoms with Gasteiger partial charge in [0.05, 0.1) is 12.2 Å². The second-order valence-corrected chi connectivity index (χ2v) is 5.52. The Morgan fingerprint density at radius 3 is 2.80 bits per heavy atom. The third-order valence-electron chi connectivity index (χ3n) is 3.30. The van der Waals surface area contributed by atoms with Crippen molar-refractivity contribution < 1.29 is 9.90 Å². The zero-order valence-electron chi connectivity index (χ0n) is 11.7. The minimum Gasteiger partial charge on any atom is -0.478 e. The molecular formula is C14H17N3O2S. The number of nitrogens with zero attached hydrogens (tertiary/aromatic N) is 2. The van der Waals surface area contributed by atoms with Crippen molar-refractivity contribution in [2.45, 2.75) is 33.7 Å². The third kappa shape index (κ3) is 2.80. The molecule has 0 bridgehead atoms. The lowest BCUT2D eigenvalue weighted by Gasteiger charge is -2.11. The van der Waals surface area contributed by atoms with E-state index in [9.17, 15) is 9.90 Å². The fourth-order valence-corrected chi connectivity index (χ4v) is 2.91. The smallest absolute Gasteiger partial charge is 0.339 e. The molecule has 0 amide bonds. The number of carboxylic acid groups (broad SMARTS) is 1. The first-order chi connectivity index (χ1) is 9.54. The molecule has 2 aromatic rings. The van der Waals surface area contributed by atoms with E-state index in [0.717, 1.165) is 6.42 Å². The van der Waals surface area contributed by atoms with Crippen LogP contribution in [0, 0.1) is 13.8 Å². The van der Waals surface area contributed by atoms with Crippen molar-refractivity contribution in [3.8, 4) is 0 Å². The predicted molar refractivity (Wildman–Crippen MR) is 79.5 cm³/mol. The Hall–Kier alpha value is -1.95. The van der Waals surface area contributed by atoms with Crippen LogP contribution in [0.25, 0.3) is 0 Å². The maximum atomic E-state index is 11.4. The number of carboxylic acids is 1. The molecule has 0 spiro atoms. The zero-order chi connectivity index (χ0) is 14.7. The Balaban J connectivity index is 2.26. The van der Waals surface area contributed by atoms with Gasteiger partial charge in [-0.2, -0.15) is 5.10 Å². The molecule has 0 atom stereocenters. The number of nitrogens with one attached hydrogen (secondary N) is 1. The van der Waals surface area contributed by atoms with Gasteiger partial charge < -0.3 is 10.4 Å². The van der Waals surface area contributed by atoms with Gasteiger partial charge in [-0.1, -0.05) is 6.92 Å². The Bertz CT molecular complexity index is 637. The molecule has 2 N–H and O–H groups in total. The monoisotopic (exact) mass is 291 g/mol. The van der Waals surface area contributed by atoms with Crippen LogP contribution in [0.15, 0.2) is 11.4 Å². The number of thiophene rings is 1. The first-order valence-corrected chi connectivity index (χ1v) is 7.28. The first kappa shape index (κ1) is 14.5. The van der Waals surface area contributed by atoms with Crippen LogP contribution in [-0.2, 0) is 13.0 Å². The maximum absolute atomic E-state index is 11.4. The van der Waals surface area contributed by atoms with Crippen molar-refractivity contribution in [2.24, 2.45) is 0 Å². The van der Waals surface area contributed by atoms with Gasteiger partial charge in [-0.25, -0.2) is 4.79 Å². The fourth-order valence-electron chi connectivity index (χ4n) is 2.00. The molecule has 20 heavy (non-hydrogen) atoms. The van der Waals surface area contributed by atoms with Gasteiger partial charge >= 0.3 is 5.97 Å². The standard InChI is InChI=1S/C14H17N3O2S/c1-4-10-5-6-20-11(10)7-15-13-12(14(18)19)8(2)9(3)16-17-13/h5-6H,4,7H2,1-3H3,(H,15,17)(H,18,19). The summed E-state index contributed by atoms with van der Waals surface area (Å²) in [6.45, 7) is 6.18. The molecule has 2 heterocycles. The minimum atomic E-state index is -0.982. The molecule has 0 aromatic carbocycles. The van der Waals surface area contributed by atoms with Gasteiger partial charge in [-0.15, -0.1) is 16.4 Å². The van der Waals surface area contributed by atoms with Crippen LogP contribution >= 0.6 is 11.3 Å². The highest BCUT2D eigenvalue weighted by Gasteiger charge is 2.17. The topological polar surface area (TPSA) is 75.1 Å². The summed E-state index contributed by atoms with van der Waals surface area (Å²) >= 11 is 1.66. The highest BCUT2D eigenvalue weighted by molar-refractivity contribution is 7.10. The molecule has 0 aliphatic carbocycles. The Labute approximate surface area is 121 Å². The number of rotatable bonds is 5. The van der Waals surface area contributed by atoms with E-state index in [-0.39, 0.29) is 5.56 Å². The summed E-state index contributed by atoms with van der Waals surface area (Å²) in [6, 6.07) is 2.09. The third-order valence-corrected chi connectivity index (χ3v) is 4.27. The number of hydrogen-bond acceptors (Lipinski definition) is 5. The predicted octanol–water partition coefficient (Wildman–Crippen LogP) is 3.03. The lowest BCUT2D eigenvalue weighted by molar-refractivity contribution is 0.0696. The molecule has 0 fully saturated rings. The van der Waals surface area contributed by atoms with E-state index >= 15 is 0 Å². The zero-order valence-corrected chi connectivity index (χ0v) is 12.5. The lowest BCUT2D eigenvalue weighted by Crippen LogP contribution is -2.12.